The van der Waals surface area contributed by atoms with Crippen LogP contribution in [0.1, 0.15) is 12.8 Å². The summed E-state index contributed by atoms with van der Waals surface area (Å²) in [5.41, 5.74) is 0. The first-order valence-corrected chi connectivity index (χ1v) is 7.15. The SMILES string of the molecule is C=CN1CCCC1=O.O=P([O-])([O-])[O-].O=P([O-])([O-])[O-].[Ca+2].[Ca+2].[Ca+2]. The third kappa shape index (κ3) is 45.1. The first kappa shape index (κ1) is 35.3. The molecule has 0 aromatic carbocycles. The maximum absolute atomic E-state index is 10.7. The summed E-state index contributed by atoms with van der Waals surface area (Å²) in [6, 6.07) is 0. The van der Waals surface area contributed by atoms with Gasteiger partial charge < -0.3 is 43.4 Å². The molecule has 0 atom stereocenters. The van der Waals surface area contributed by atoms with Crippen LogP contribution in [0.5, 0.6) is 0 Å². The molecule has 0 spiro atoms. The molecule has 0 N–H and O–H groups in total. The molecule has 1 heterocycles. The normalized spacial score (nSPS) is 13.0. The van der Waals surface area contributed by atoms with Crippen LogP contribution >= 0.6 is 15.6 Å². The molecule has 108 valence electrons. The quantitative estimate of drug-likeness (QED) is 0.292. The van der Waals surface area contributed by atoms with Crippen LogP contribution in [0, 0.1) is 0 Å². The topological polar surface area (TPSA) is 193 Å². The molecule has 0 aliphatic carbocycles. The van der Waals surface area contributed by atoms with Crippen molar-refractivity contribution in [3.05, 3.63) is 12.8 Å². The molecule has 0 aromatic heterocycles. The maximum atomic E-state index is 10.7. The number of carbonyl (C=O) groups is 1. The van der Waals surface area contributed by atoms with Crippen LogP contribution < -0.4 is 29.4 Å². The van der Waals surface area contributed by atoms with E-state index in [9.17, 15) is 4.79 Å². The number of rotatable bonds is 1. The summed E-state index contributed by atoms with van der Waals surface area (Å²) in [5, 5.41) is 0. The molecule has 21 heavy (non-hydrogen) atoms. The van der Waals surface area contributed by atoms with Gasteiger partial charge in [0.2, 0.25) is 5.91 Å². The number of phosphoric acid groups is 2. The van der Waals surface area contributed by atoms with Crippen LogP contribution in [-0.2, 0) is 13.9 Å². The van der Waals surface area contributed by atoms with Crippen LogP contribution in [0.25, 0.3) is 0 Å². The van der Waals surface area contributed by atoms with E-state index < -0.39 is 15.6 Å². The smallest absolute Gasteiger partial charge is 0.822 e. The summed E-state index contributed by atoms with van der Waals surface area (Å²) in [6.45, 7) is 4.36. The summed E-state index contributed by atoms with van der Waals surface area (Å²) >= 11 is 0. The molecule has 1 saturated heterocycles. The molecule has 0 unspecified atom stereocenters. The minimum Gasteiger partial charge on any atom is -0.822 e. The Morgan fingerprint density at radius 1 is 0.952 bits per heavy atom. The van der Waals surface area contributed by atoms with Crippen molar-refractivity contribution in [1.29, 1.82) is 0 Å². The molecule has 0 saturated carbocycles. The number of carbonyl (C=O) groups excluding carboxylic acids is 1. The summed E-state index contributed by atoms with van der Waals surface area (Å²) < 4.78 is 17.1. The van der Waals surface area contributed by atoms with Gasteiger partial charge in [0.25, 0.3) is 0 Å². The minimum atomic E-state index is -5.39. The van der Waals surface area contributed by atoms with Gasteiger partial charge in [0.15, 0.2) is 0 Å². The Hall–Kier alpha value is 3.21. The van der Waals surface area contributed by atoms with Crippen molar-refractivity contribution in [2.45, 2.75) is 12.8 Å². The Balaban J connectivity index is -0.0000000595. The third-order valence-corrected chi connectivity index (χ3v) is 1.33. The van der Waals surface area contributed by atoms with Gasteiger partial charge >= 0.3 is 113 Å². The second-order valence-electron chi connectivity index (χ2n) is 2.77. The van der Waals surface area contributed by atoms with Crippen LogP contribution in [0.3, 0.4) is 0 Å². The van der Waals surface area contributed by atoms with Gasteiger partial charge in [-0.15, -0.1) is 0 Å². The largest absolute Gasteiger partial charge is 2.00 e. The van der Waals surface area contributed by atoms with E-state index in [1.54, 1.807) is 11.1 Å². The molecule has 0 bridgehead atoms. The zero-order valence-corrected chi connectivity index (χ0v) is 19.5. The Kier molecular flexibility index (Phi) is 30.3. The van der Waals surface area contributed by atoms with Gasteiger partial charge in [0, 0.05) is 13.0 Å². The summed E-state index contributed by atoms with van der Waals surface area (Å²) in [4.78, 5) is 63.6. The van der Waals surface area contributed by atoms with Gasteiger partial charge in [-0.05, 0) is 12.6 Å². The summed E-state index contributed by atoms with van der Waals surface area (Å²) in [5.74, 6) is 0.208. The molecule has 10 nitrogen and oxygen atoms in total. The summed E-state index contributed by atoms with van der Waals surface area (Å²) in [7, 11) is -10.8. The molecule has 0 aromatic rings. The average Bonchev–Trinajstić information content (AvgIpc) is 2.44. The first-order valence-electron chi connectivity index (χ1n) is 4.22. The van der Waals surface area contributed by atoms with Crippen molar-refractivity contribution in [2.75, 3.05) is 6.54 Å². The van der Waals surface area contributed by atoms with Crippen molar-refractivity contribution in [3.8, 4) is 0 Å². The Labute approximate surface area is 211 Å². The van der Waals surface area contributed by atoms with Gasteiger partial charge in [-0.1, -0.05) is 6.58 Å². The van der Waals surface area contributed by atoms with E-state index in [1.165, 1.54) is 0 Å². The van der Waals surface area contributed by atoms with E-state index in [4.69, 9.17) is 38.5 Å². The number of hydrogen-bond acceptors (Lipinski definition) is 9. The summed E-state index contributed by atoms with van der Waals surface area (Å²) in [6.07, 6.45) is 3.28. The monoisotopic (exact) mass is 421 g/mol. The van der Waals surface area contributed by atoms with Gasteiger partial charge in [0.1, 0.15) is 0 Å². The maximum Gasteiger partial charge on any atom is 2.00 e. The molecular formula is C6H9Ca3NO9P2. The van der Waals surface area contributed by atoms with Crippen LogP contribution in [-0.4, -0.2) is 131 Å². The number of amides is 1. The Morgan fingerprint density at radius 2 is 1.24 bits per heavy atom. The second kappa shape index (κ2) is 18.0. The van der Waals surface area contributed by atoms with Gasteiger partial charge in [-0.2, -0.15) is 15.6 Å². The van der Waals surface area contributed by atoms with E-state index in [0.29, 0.717) is 6.42 Å². The standard InChI is InChI=1S/C6H9NO.3Ca.2H3O4P/c1-2-7-5-3-4-6(7)8;;;;2*1-5(2,3)4/h2H,1,3-5H2;;;;2*(H3,1,2,3,4)/q;3*+2;;/p-6. The van der Waals surface area contributed by atoms with E-state index in [-0.39, 0.29) is 119 Å². The van der Waals surface area contributed by atoms with Gasteiger partial charge in [-0.25, -0.2) is 0 Å². The fraction of sp³-hybridized carbons (Fsp3) is 0.500. The minimum absolute atomic E-state index is 0. The predicted octanol–water partition coefficient (Wildman–Crippen LogP) is -6.04. The van der Waals surface area contributed by atoms with Crippen molar-refractivity contribution >= 4 is 135 Å². The predicted molar refractivity (Wildman–Crippen MR) is 63.6 cm³/mol. The number of hydrogen-bond donors (Lipinski definition) is 0. The molecule has 1 aliphatic heterocycles. The first-order chi connectivity index (χ1) is 7.84. The van der Waals surface area contributed by atoms with Crippen LogP contribution in [0.4, 0.5) is 0 Å². The van der Waals surface area contributed by atoms with Gasteiger partial charge in [-0.3, -0.25) is 4.79 Å². The average molecular weight is 421 g/mol. The Morgan fingerprint density at radius 3 is 1.33 bits per heavy atom. The molecule has 15 heteroatoms. The van der Waals surface area contributed by atoms with E-state index in [1.807, 2.05) is 0 Å². The molecule has 1 fully saturated rings. The van der Waals surface area contributed by atoms with Crippen molar-refractivity contribution in [3.63, 3.8) is 0 Å². The molecule has 1 aliphatic rings. The number of nitrogens with zero attached hydrogens (tertiary/aromatic N) is 1. The van der Waals surface area contributed by atoms with Crippen molar-refractivity contribution in [1.82, 2.24) is 4.90 Å². The third-order valence-electron chi connectivity index (χ3n) is 1.33. The molecule has 0 radical (unpaired) electrons. The van der Waals surface area contributed by atoms with Gasteiger partial charge in [0.05, 0.1) is 0 Å². The molecule has 1 rings (SSSR count). The Bertz CT molecular complexity index is 334. The fourth-order valence-electron chi connectivity index (χ4n) is 0.862. The molecular weight excluding hydrogens is 412 g/mol. The van der Waals surface area contributed by atoms with Crippen molar-refractivity contribution in [2.24, 2.45) is 0 Å². The number of likely N-dealkylation sites (tertiary alicyclic amines) is 1. The van der Waals surface area contributed by atoms with E-state index in [0.717, 1.165) is 13.0 Å². The van der Waals surface area contributed by atoms with Crippen LogP contribution in [0.15, 0.2) is 12.8 Å². The second-order valence-corrected chi connectivity index (χ2v) is 4.56. The van der Waals surface area contributed by atoms with E-state index >= 15 is 0 Å². The fourth-order valence-corrected chi connectivity index (χ4v) is 0.862. The van der Waals surface area contributed by atoms with Crippen molar-refractivity contribution < 1.29 is 43.3 Å². The zero-order valence-electron chi connectivity index (χ0n) is 11.0. The van der Waals surface area contributed by atoms with Crippen LogP contribution in [0.2, 0.25) is 0 Å². The molecule has 1 amide bonds. The van der Waals surface area contributed by atoms with E-state index in [2.05, 4.69) is 6.58 Å². The zero-order chi connectivity index (χ0) is 15.0.